The molecule has 4 atom stereocenters. The first-order chi connectivity index (χ1) is 21.9. The quantitative estimate of drug-likeness (QED) is 0.373. The number of anilines is 1. The number of amides is 2. The van der Waals surface area contributed by atoms with Crippen LogP contribution in [0.2, 0.25) is 0 Å². The van der Waals surface area contributed by atoms with Crippen LogP contribution in [-0.2, 0) is 21.8 Å². The van der Waals surface area contributed by atoms with Gasteiger partial charge in [-0.05, 0) is 63.4 Å². The molecule has 1 aliphatic heterocycles. The van der Waals surface area contributed by atoms with Crippen molar-refractivity contribution >= 4 is 27.5 Å². The Labute approximate surface area is 271 Å². The Morgan fingerprint density at radius 1 is 1.17 bits per heavy atom. The normalized spacial score (nSPS) is 20.8. The summed E-state index contributed by atoms with van der Waals surface area (Å²) in [6.07, 6.45) is 4.35. The van der Waals surface area contributed by atoms with Gasteiger partial charge in [0.2, 0.25) is 0 Å². The van der Waals surface area contributed by atoms with E-state index < -0.39 is 28.1 Å². The number of rotatable bonds is 8. The highest BCUT2D eigenvalue weighted by molar-refractivity contribution is 7.89. The monoisotopic (exact) mass is 655 g/mol. The first-order valence-corrected chi connectivity index (χ1v) is 17.0. The molecule has 3 aromatic rings. The van der Waals surface area contributed by atoms with Crippen molar-refractivity contribution in [1.29, 1.82) is 0 Å². The van der Waals surface area contributed by atoms with Crippen molar-refractivity contribution < 1.29 is 32.6 Å². The summed E-state index contributed by atoms with van der Waals surface area (Å²) >= 11 is 0. The molecular formula is C33H45N5O7S. The van der Waals surface area contributed by atoms with Gasteiger partial charge in [0.1, 0.15) is 5.75 Å². The van der Waals surface area contributed by atoms with E-state index in [1.165, 1.54) is 23.9 Å². The maximum atomic E-state index is 14.3. The van der Waals surface area contributed by atoms with E-state index in [2.05, 4.69) is 10.3 Å². The molecule has 2 amide bonds. The molecule has 2 aromatic carbocycles. The zero-order chi connectivity index (χ0) is 33.4. The van der Waals surface area contributed by atoms with Gasteiger partial charge < -0.3 is 29.4 Å². The molecule has 0 bridgehead atoms. The van der Waals surface area contributed by atoms with Crippen LogP contribution in [0.15, 0.2) is 66.1 Å². The van der Waals surface area contributed by atoms with Crippen molar-refractivity contribution in [3.8, 4) is 5.75 Å². The number of aromatic nitrogens is 2. The lowest BCUT2D eigenvalue weighted by Gasteiger charge is -2.35. The Bertz CT molecular complexity index is 1580. The second-order valence-corrected chi connectivity index (χ2v) is 14.0. The lowest BCUT2D eigenvalue weighted by molar-refractivity contribution is -0.00835. The number of sulfonamides is 1. The highest BCUT2D eigenvalue weighted by atomic mass is 32.2. The molecule has 0 aliphatic carbocycles. The molecule has 1 aromatic heterocycles. The van der Waals surface area contributed by atoms with Crippen LogP contribution in [0.4, 0.5) is 5.69 Å². The van der Waals surface area contributed by atoms with E-state index in [1.807, 2.05) is 19.9 Å². The number of fused-ring (bicyclic) bond motifs is 1. The number of hydrogen-bond acceptors (Lipinski definition) is 8. The maximum absolute atomic E-state index is 14.3. The number of imidazole rings is 1. The van der Waals surface area contributed by atoms with Crippen molar-refractivity contribution in [2.24, 2.45) is 13.0 Å². The van der Waals surface area contributed by atoms with E-state index in [9.17, 15) is 23.1 Å². The molecule has 0 fully saturated rings. The van der Waals surface area contributed by atoms with Crippen LogP contribution in [0.25, 0.3) is 0 Å². The number of likely N-dealkylation sites (N-methyl/N-ethyl adjacent to an activating group) is 1. The van der Waals surface area contributed by atoms with Crippen LogP contribution in [0.5, 0.6) is 5.75 Å². The highest BCUT2D eigenvalue weighted by Crippen LogP contribution is 2.29. The zero-order valence-corrected chi connectivity index (χ0v) is 27.9. The van der Waals surface area contributed by atoms with Gasteiger partial charge in [0.05, 0.1) is 36.7 Å². The summed E-state index contributed by atoms with van der Waals surface area (Å²) in [5, 5.41) is 13.0. The predicted octanol–water partition coefficient (Wildman–Crippen LogP) is 3.79. The van der Waals surface area contributed by atoms with Gasteiger partial charge in [0.15, 0.2) is 5.03 Å². The van der Waals surface area contributed by atoms with Crippen LogP contribution < -0.4 is 10.1 Å². The number of hydrogen-bond donors (Lipinski definition) is 2. The number of ether oxygens (including phenoxy) is 2. The molecule has 1 aliphatic rings. The van der Waals surface area contributed by atoms with Crippen LogP contribution in [0.3, 0.4) is 0 Å². The zero-order valence-electron chi connectivity index (χ0n) is 27.1. The summed E-state index contributed by atoms with van der Waals surface area (Å²) in [7, 11) is -0.687. The molecule has 13 heteroatoms. The number of benzene rings is 2. The largest absolute Gasteiger partial charge is 0.490 e. The van der Waals surface area contributed by atoms with Crippen LogP contribution in [-0.4, -0.2) is 95.7 Å². The minimum absolute atomic E-state index is 0.0430. The third kappa shape index (κ3) is 8.72. The standard InChI is InChI=1S/C33H45N5O7S/c1-23-18-38(24(2)21-39)33(41)28-17-27(35-32(40)26-12-7-6-8-13-26)14-15-29(28)45-25(3)11-9-10-16-44-30(23)19-37(5)46(42,43)31-20-36(4)22-34-31/h6-8,12-15,17,20,22-25,30,39H,9-11,16,18-19,21H2,1-5H3,(H,35,40)/t23-,24+,25+,30+/m0/s1. The van der Waals surface area contributed by atoms with Crippen molar-refractivity contribution in [1.82, 2.24) is 18.8 Å². The lowest BCUT2D eigenvalue weighted by Crippen LogP contribution is -2.48. The van der Waals surface area contributed by atoms with Gasteiger partial charge in [-0.15, -0.1) is 0 Å². The molecule has 0 radical (unpaired) electrons. The first-order valence-electron chi connectivity index (χ1n) is 15.6. The van der Waals surface area contributed by atoms with Crippen LogP contribution in [0.1, 0.15) is 60.7 Å². The second kappa shape index (κ2) is 15.7. The molecule has 0 spiro atoms. The summed E-state index contributed by atoms with van der Waals surface area (Å²) < 4.78 is 41.9. The fraction of sp³-hybridized carbons (Fsp3) is 0.485. The Hall–Kier alpha value is -3.78. The van der Waals surface area contributed by atoms with Gasteiger partial charge in [-0.25, -0.2) is 13.4 Å². The molecule has 250 valence electrons. The number of nitrogens with one attached hydrogen (secondary N) is 1. The number of aliphatic hydroxyl groups excluding tert-OH is 1. The van der Waals surface area contributed by atoms with E-state index in [-0.39, 0.29) is 48.2 Å². The van der Waals surface area contributed by atoms with Gasteiger partial charge in [-0.3, -0.25) is 9.59 Å². The molecule has 2 N–H and O–H groups in total. The smallest absolute Gasteiger partial charge is 0.261 e. The van der Waals surface area contributed by atoms with E-state index in [1.54, 1.807) is 65.9 Å². The van der Waals surface area contributed by atoms with Gasteiger partial charge >= 0.3 is 0 Å². The number of carbonyl (C=O) groups is 2. The lowest BCUT2D eigenvalue weighted by atomic mass is 10.0. The average molecular weight is 656 g/mol. The molecule has 0 saturated heterocycles. The molecule has 0 unspecified atom stereocenters. The Morgan fingerprint density at radius 2 is 1.91 bits per heavy atom. The fourth-order valence-corrected chi connectivity index (χ4v) is 6.43. The topological polar surface area (TPSA) is 143 Å². The van der Waals surface area contributed by atoms with E-state index in [4.69, 9.17) is 9.47 Å². The maximum Gasteiger partial charge on any atom is 0.261 e. The van der Waals surface area contributed by atoms with E-state index in [0.717, 1.165) is 12.8 Å². The number of aryl methyl sites for hydroxylation is 1. The molecule has 2 heterocycles. The SMILES string of the molecule is C[C@@H]1CCCCO[C@H](CN(C)S(=O)(=O)c2cn(C)cn2)[C@@H](C)CN([C@H](C)CO)C(=O)c2cc(NC(=O)c3ccccc3)ccc2O1. The van der Waals surface area contributed by atoms with Crippen molar-refractivity contribution in [2.75, 3.05) is 38.7 Å². The Kier molecular flexibility index (Phi) is 12.0. The second-order valence-electron chi connectivity index (χ2n) is 12.0. The van der Waals surface area contributed by atoms with Gasteiger partial charge in [0, 0.05) is 57.2 Å². The Morgan fingerprint density at radius 3 is 2.59 bits per heavy atom. The van der Waals surface area contributed by atoms with Gasteiger partial charge in [0.25, 0.3) is 21.8 Å². The molecule has 4 rings (SSSR count). The summed E-state index contributed by atoms with van der Waals surface area (Å²) in [5.74, 6) is -0.658. The molecule has 46 heavy (non-hydrogen) atoms. The van der Waals surface area contributed by atoms with Gasteiger partial charge in [-0.1, -0.05) is 25.1 Å². The van der Waals surface area contributed by atoms with E-state index in [0.29, 0.717) is 30.0 Å². The van der Waals surface area contributed by atoms with E-state index >= 15 is 0 Å². The first kappa shape index (κ1) is 35.1. The fourth-order valence-electron chi connectivity index (χ4n) is 5.29. The minimum atomic E-state index is -3.88. The predicted molar refractivity (Wildman–Crippen MR) is 174 cm³/mol. The minimum Gasteiger partial charge on any atom is -0.490 e. The molecular weight excluding hydrogens is 610 g/mol. The average Bonchev–Trinajstić information content (AvgIpc) is 3.49. The summed E-state index contributed by atoms with van der Waals surface area (Å²) in [6, 6.07) is 13.2. The highest BCUT2D eigenvalue weighted by Gasteiger charge is 2.33. The van der Waals surface area contributed by atoms with Crippen LogP contribution >= 0.6 is 0 Å². The summed E-state index contributed by atoms with van der Waals surface area (Å²) in [5.41, 5.74) is 1.14. The van der Waals surface area contributed by atoms with Crippen LogP contribution in [0, 0.1) is 5.92 Å². The van der Waals surface area contributed by atoms with Crippen molar-refractivity contribution in [3.05, 3.63) is 72.2 Å². The number of aliphatic hydroxyl groups is 1. The summed E-state index contributed by atoms with van der Waals surface area (Å²) in [4.78, 5) is 32.8. The number of nitrogens with zero attached hydrogens (tertiary/aromatic N) is 4. The molecule has 12 nitrogen and oxygen atoms in total. The van der Waals surface area contributed by atoms with Crippen molar-refractivity contribution in [3.63, 3.8) is 0 Å². The summed E-state index contributed by atoms with van der Waals surface area (Å²) in [6.45, 7) is 5.89. The third-order valence-electron chi connectivity index (χ3n) is 8.14. The van der Waals surface area contributed by atoms with Crippen molar-refractivity contribution in [2.45, 2.75) is 63.3 Å². The molecule has 0 saturated carbocycles. The van der Waals surface area contributed by atoms with Gasteiger partial charge in [-0.2, -0.15) is 4.31 Å². The number of carbonyl (C=O) groups excluding carboxylic acids is 2. The Balaban J connectivity index is 1.65. The third-order valence-corrected chi connectivity index (χ3v) is 9.85.